The number of likely N-dealkylation sites (tertiary alicyclic amines) is 1. The topological polar surface area (TPSA) is 48.9 Å². The second-order valence-corrected chi connectivity index (χ2v) is 7.79. The minimum atomic E-state index is -4.30. The van der Waals surface area contributed by atoms with Crippen LogP contribution < -0.4 is 10.6 Å². The summed E-state index contributed by atoms with van der Waals surface area (Å²) in [6, 6.07) is 7.81. The molecule has 5 nitrogen and oxygen atoms in total. The monoisotopic (exact) mass is 414 g/mol. The van der Waals surface area contributed by atoms with E-state index in [2.05, 4.69) is 39.1 Å². The molecular formula is C21H33F3N4O. The molecule has 29 heavy (non-hydrogen) atoms. The van der Waals surface area contributed by atoms with Crippen LogP contribution >= 0.6 is 0 Å². The molecule has 2 N–H and O–H groups in total. The summed E-state index contributed by atoms with van der Waals surface area (Å²) >= 11 is 0. The molecule has 8 heteroatoms. The zero-order valence-electron chi connectivity index (χ0n) is 17.6. The predicted molar refractivity (Wildman–Crippen MR) is 110 cm³/mol. The fourth-order valence-electron chi connectivity index (χ4n) is 3.51. The summed E-state index contributed by atoms with van der Waals surface area (Å²) in [6.45, 7) is 6.97. The Hall–Kier alpha value is -1.80. The Balaban J connectivity index is 1.76. The maximum absolute atomic E-state index is 12.1. The van der Waals surface area contributed by atoms with Gasteiger partial charge in [0.1, 0.15) is 6.61 Å². The minimum Gasteiger partial charge on any atom is -0.367 e. The fourth-order valence-corrected chi connectivity index (χ4v) is 3.51. The van der Waals surface area contributed by atoms with Gasteiger partial charge in [0.05, 0.1) is 6.61 Å². The van der Waals surface area contributed by atoms with E-state index in [0.29, 0.717) is 24.1 Å². The van der Waals surface area contributed by atoms with E-state index in [1.54, 1.807) is 19.2 Å². The van der Waals surface area contributed by atoms with Crippen LogP contribution in [0.2, 0.25) is 0 Å². The lowest BCUT2D eigenvalue weighted by Gasteiger charge is -2.31. The first-order chi connectivity index (χ1) is 13.8. The average molecular weight is 415 g/mol. The molecular weight excluding hydrogens is 381 g/mol. The SMILES string of the molecule is CN=C(NCc1ccc(COCC(F)(F)F)cc1)NCC(C(C)C)N1CCCC1. The molecule has 1 heterocycles. The lowest BCUT2D eigenvalue weighted by atomic mass is 10.0. The summed E-state index contributed by atoms with van der Waals surface area (Å²) < 4.78 is 41.1. The molecule has 1 aromatic rings. The number of alkyl halides is 3. The van der Waals surface area contributed by atoms with Crippen molar-refractivity contribution in [3.63, 3.8) is 0 Å². The number of nitrogens with zero attached hydrogens (tertiary/aromatic N) is 2. The van der Waals surface area contributed by atoms with Gasteiger partial charge in [0.15, 0.2) is 5.96 Å². The number of rotatable bonds is 9. The van der Waals surface area contributed by atoms with E-state index in [-0.39, 0.29) is 6.61 Å². The lowest BCUT2D eigenvalue weighted by molar-refractivity contribution is -0.176. The van der Waals surface area contributed by atoms with Crippen LogP contribution in [0.3, 0.4) is 0 Å². The maximum atomic E-state index is 12.1. The molecule has 0 aliphatic carbocycles. The molecule has 1 aliphatic heterocycles. The first-order valence-corrected chi connectivity index (χ1v) is 10.2. The van der Waals surface area contributed by atoms with Crippen molar-refractivity contribution in [2.24, 2.45) is 10.9 Å². The van der Waals surface area contributed by atoms with Gasteiger partial charge in [-0.05, 0) is 43.0 Å². The number of halogens is 3. The molecule has 0 aromatic heterocycles. The van der Waals surface area contributed by atoms with Crippen molar-refractivity contribution in [1.29, 1.82) is 0 Å². The highest BCUT2D eigenvalue weighted by molar-refractivity contribution is 5.79. The summed E-state index contributed by atoms with van der Waals surface area (Å²) in [5, 5.41) is 6.72. The predicted octanol–water partition coefficient (Wildman–Crippen LogP) is 3.55. The number of aliphatic imine (C=N–C) groups is 1. The van der Waals surface area contributed by atoms with Crippen molar-refractivity contribution < 1.29 is 17.9 Å². The van der Waals surface area contributed by atoms with Crippen LogP contribution in [0.4, 0.5) is 13.2 Å². The van der Waals surface area contributed by atoms with Gasteiger partial charge in [-0.15, -0.1) is 0 Å². The van der Waals surface area contributed by atoms with Crippen LogP contribution in [0.1, 0.15) is 37.8 Å². The molecule has 0 spiro atoms. The summed E-state index contributed by atoms with van der Waals surface area (Å²) in [6.07, 6.45) is -1.75. The third kappa shape index (κ3) is 8.62. The number of nitrogens with one attached hydrogen (secondary N) is 2. The van der Waals surface area contributed by atoms with Gasteiger partial charge in [0.2, 0.25) is 0 Å². The quantitative estimate of drug-likeness (QED) is 0.479. The lowest BCUT2D eigenvalue weighted by Crippen LogP contribution is -2.48. The Morgan fingerprint density at radius 3 is 2.28 bits per heavy atom. The summed E-state index contributed by atoms with van der Waals surface area (Å²) in [4.78, 5) is 6.84. The van der Waals surface area contributed by atoms with Crippen molar-refractivity contribution in [2.45, 2.75) is 52.1 Å². The van der Waals surface area contributed by atoms with Crippen molar-refractivity contribution >= 4 is 5.96 Å². The Kier molecular flexibility index (Phi) is 9.23. The highest BCUT2D eigenvalue weighted by Gasteiger charge is 2.27. The summed E-state index contributed by atoms with van der Waals surface area (Å²) in [5.41, 5.74) is 1.73. The zero-order chi connectivity index (χ0) is 21.3. The third-order valence-corrected chi connectivity index (χ3v) is 5.10. The highest BCUT2D eigenvalue weighted by atomic mass is 19.4. The van der Waals surface area contributed by atoms with Gasteiger partial charge in [-0.25, -0.2) is 0 Å². The van der Waals surface area contributed by atoms with Crippen LogP contribution in [0.25, 0.3) is 0 Å². The van der Waals surface area contributed by atoms with E-state index >= 15 is 0 Å². The van der Waals surface area contributed by atoms with Gasteiger partial charge in [-0.3, -0.25) is 9.89 Å². The Labute approximate surface area is 171 Å². The second kappa shape index (κ2) is 11.4. The Morgan fingerprint density at radius 2 is 1.72 bits per heavy atom. The summed E-state index contributed by atoms with van der Waals surface area (Å²) in [7, 11) is 1.75. The second-order valence-electron chi connectivity index (χ2n) is 7.79. The van der Waals surface area contributed by atoms with Crippen LogP contribution in [0, 0.1) is 5.92 Å². The standard InChI is InChI=1S/C21H33F3N4O/c1-16(2)19(28-10-4-5-11-28)13-27-20(25-3)26-12-17-6-8-18(9-7-17)14-29-15-21(22,23)24/h6-9,16,19H,4-5,10-15H2,1-3H3,(H2,25,26,27). The summed E-state index contributed by atoms with van der Waals surface area (Å²) in [5.74, 6) is 1.30. The van der Waals surface area contributed by atoms with E-state index in [9.17, 15) is 13.2 Å². The van der Waals surface area contributed by atoms with Crippen LogP contribution in [-0.4, -0.2) is 56.4 Å². The van der Waals surface area contributed by atoms with Crippen LogP contribution in [0.5, 0.6) is 0 Å². The number of benzene rings is 1. The van der Waals surface area contributed by atoms with Gasteiger partial charge >= 0.3 is 6.18 Å². The first-order valence-electron chi connectivity index (χ1n) is 10.2. The number of hydrogen-bond acceptors (Lipinski definition) is 3. The zero-order valence-corrected chi connectivity index (χ0v) is 17.6. The molecule has 0 bridgehead atoms. The molecule has 1 atom stereocenters. The molecule has 1 aromatic carbocycles. The van der Waals surface area contributed by atoms with Crippen molar-refractivity contribution in [3.8, 4) is 0 Å². The normalized spacial score (nSPS) is 17.0. The van der Waals surface area contributed by atoms with E-state index < -0.39 is 12.8 Å². The number of hydrogen-bond donors (Lipinski definition) is 2. The largest absolute Gasteiger partial charge is 0.411 e. The van der Waals surface area contributed by atoms with E-state index in [1.165, 1.54) is 12.8 Å². The van der Waals surface area contributed by atoms with Gasteiger partial charge in [-0.1, -0.05) is 38.1 Å². The highest BCUT2D eigenvalue weighted by Crippen LogP contribution is 2.17. The van der Waals surface area contributed by atoms with E-state index in [1.807, 2.05) is 12.1 Å². The van der Waals surface area contributed by atoms with Crippen LogP contribution in [-0.2, 0) is 17.9 Å². The molecule has 164 valence electrons. The van der Waals surface area contributed by atoms with Gasteiger partial charge in [0.25, 0.3) is 0 Å². The van der Waals surface area contributed by atoms with E-state index in [0.717, 1.165) is 31.2 Å². The molecule has 1 saturated heterocycles. The molecule has 1 fully saturated rings. The molecule has 1 unspecified atom stereocenters. The fraction of sp³-hybridized carbons (Fsp3) is 0.667. The number of ether oxygens (including phenoxy) is 1. The average Bonchev–Trinajstić information content (AvgIpc) is 3.18. The van der Waals surface area contributed by atoms with Gasteiger partial charge in [0, 0.05) is 26.2 Å². The minimum absolute atomic E-state index is 0.0521. The molecule has 0 radical (unpaired) electrons. The van der Waals surface area contributed by atoms with Crippen molar-refractivity contribution in [2.75, 3.05) is 33.3 Å². The maximum Gasteiger partial charge on any atom is 0.411 e. The smallest absolute Gasteiger partial charge is 0.367 e. The van der Waals surface area contributed by atoms with E-state index in [4.69, 9.17) is 0 Å². The molecule has 2 rings (SSSR count). The van der Waals surface area contributed by atoms with Crippen LogP contribution in [0.15, 0.2) is 29.3 Å². The Morgan fingerprint density at radius 1 is 1.10 bits per heavy atom. The molecule has 0 amide bonds. The first kappa shape index (κ1) is 23.5. The van der Waals surface area contributed by atoms with Crippen molar-refractivity contribution in [1.82, 2.24) is 15.5 Å². The number of guanidine groups is 1. The van der Waals surface area contributed by atoms with Gasteiger partial charge in [-0.2, -0.15) is 13.2 Å². The molecule has 0 saturated carbocycles. The third-order valence-electron chi connectivity index (χ3n) is 5.10. The van der Waals surface area contributed by atoms with Gasteiger partial charge < -0.3 is 15.4 Å². The molecule has 1 aliphatic rings. The Bertz CT molecular complexity index is 626. The van der Waals surface area contributed by atoms with Crippen molar-refractivity contribution in [3.05, 3.63) is 35.4 Å².